The number of halogens is 2. The lowest BCUT2D eigenvalue weighted by molar-refractivity contribution is -0.149. The maximum atomic E-state index is 13.6. The molecule has 12 heteroatoms. The van der Waals surface area contributed by atoms with E-state index in [1.807, 2.05) is 0 Å². The van der Waals surface area contributed by atoms with Crippen LogP contribution in [-0.2, 0) is 14.4 Å². The summed E-state index contributed by atoms with van der Waals surface area (Å²) in [5.41, 5.74) is 6.12. The van der Waals surface area contributed by atoms with Crippen LogP contribution in [0.4, 0.5) is 8.78 Å². The molecule has 7 atom stereocenters. The Morgan fingerprint density at radius 3 is 2.81 bits per heavy atom. The number of aliphatic hydroxyl groups excluding tert-OH is 1. The number of aliphatic hydroxyl groups is 1. The standard InChI is InChI=1S/C25H35F2N5O5/c1-25(26,27)22(37-29)21(28)14-5-7-19(30-11-14)23(34)31-12-15-13-36-10-9-32(15)24(35)20(33)8-6-18-16-3-2-4-17(16)18/h2-3,5,7,11,15-18,20-22,33H,4,6,8-10,12-13,28-29H2,1H3,(H,31,34)/t15-,16+,17?,18?,20?,21-,22?/m0/s1. The molecular weight excluding hydrogens is 488 g/mol. The van der Waals surface area contributed by atoms with Crippen molar-refractivity contribution in [2.45, 2.75) is 56.4 Å². The van der Waals surface area contributed by atoms with Gasteiger partial charge in [0.2, 0.25) is 0 Å². The van der Waals surface area contributed by atoms with E-state index in [4.69, 9.17) is 16.4 Å². The fourth-order valence-corrected chi connectivity index (χ4v) is 5.40. The van der Waals surface area contributed by atoms with Crippen LogP contribution in [0.3, 0.4) is 0 Å². The number of morpholine rings is 1. The summed E-state index contributed by atoms with van der Waals surface area (Å²) in [6.45, 7) is 1.66. The van der Waals surface area contributed by atoms with Crippen LogP contribution in [0.15, 0.2) is 30.5 Å². The number of aromatic nitrogens is 1. The number of hydrogen-bond donors (Lipinski definition) is 4. The minimum absolute atomic E-state index is 0.0445. The summed E-state index contributed by atoms with van der Waals surface area (Å²) < 4.78 is 32.8. The number of carbonyl (C=O) groups is 2. The maximum absolute atomic E-state index is 13.6. The molecule has 2 aliphatic carbocycles. The number of fused-ring (bicyclic) bond motifs is 1. The van der Waals surface area contributed by atoms with Gasteiger partial charge in [-0.05, 0) is 48.6 Å². The SMILES string of the molecule is CC(F)(F)C(ON)[C@@H](N)c1ccc(C(=O)NC[C@H]2COCCN2C(=O)C(O)CCC2C3CC=C[C@H]32)nc1. The lowest BCUT2D eigenvalue weighted by Gasteiger charge is -2.36. The molecule has 2 heterocycles. The number of allylic oxidation sites excluding steroid dienone is 2. The van der Waals surface area contributed by atoms with Crippen molar-refractivity contribution in [3.05, 3.63) is 41.7 Å². The molecule has 0 bridgehead atoms. The Bertz CT molecular complexity index is 989. The Balaban J connectivity index is 1.28. The van der Waals surface area contributed by atoms with Gasteiger partial charge in [-0.3, -0.25) is 19.4 Å². The van der Waals surface area contributed by atoms with E-state index in [-0.39, 0.29) is 30.3 Å². The van der Waals surface area contributed by atoms with Gasteiger partial charge >= 0.3 is 0 Å². The highest BCUT2D eigenvalue weighted by molar-refractivity contribution is 5.92. The molecule has 0 aromatic carbocycles. The molecule has 10 nitrogen and oxygen atoms in total. The second kappa shape index (κ2) is 11.5. The van der Waals surface area contributed by atoms with Crippen LogP contribution >= 0.6 is 0 Å². The first-order chi connectivity index (χ1) is 17.6. The highest BCUT2D eigenvalue weighted by atomic mass is 19.3. The van der Waals surface area contributed by atoms with Gasteiger partial charge in [0.1, 0.15) is 11.8 Å². The van der Waals surface area contributed by atoms with Crippen LogP contribution in [0.5, 0.6) is 0 Å². The minimum Gasteiger partial charge on any atom is -0.383 e. The van der Waals surface area contributed by atoms with E-state index < -0.39 is 36.1 Å². The Morgan fingerprint density at radius 1 is 1.41 bits per heavy atom. The molecule has 204 valence electrons. The van der Waals surface area contributed by atoms with Gasteiger partial charge in [-0.15, -0.1) is 0 Å². The van der Waals surface area contributed by atoms with Crippen molar-refractivity contribution in [1.82, 2.24) is 15.2 Å². The maximum Gasteiger partial charge on any atom is 0.274 e. The molecule has 4 unspecified atom stereocenters. The van der Waals surface area contributed by atoms with Crippen LogP contribution < -0.4 is 16.9 Å². The van der Waals surface area contributed by atoms with Gasteiger partial charge in [-0.2, -0.15) is 0 Å². The molecule has 2 amide bonds. The quantitative estimate of drug-likeness (QED) is 0.247. The summed E-state index contributed by atoms with van der Waals surface area (Å²) >= 11 is 0. The van der Waals surface area contributed by atoms with E-state index in [0.29, 0.717) is 44.2 Å². The number of alkyl halides is 2. The summed E-state index contributed by atoms with van der Waals surface area (Å²) in [5.74, 6) is 2.68. The number of amides is 2. The van der Waals surface area contributed by atoms with E-state index in [9.17, 15) is 23.5 Å². The van der Waals surface area contributed by atoms with E-state index >= 15 is 0 Å². The average molecular weight is 524 g/mol. The predicted molar refractivity (Wildman–Crippen MR) is 129 cm³/mol. The number of nitrogens with two attached hydrogens (primary N) is 2. The van der Waals surface area contributed by atoms with Crippen LogP contribution in [-0.4, -0.2) is 77.3 Å². The molecule has 0 spiro atoms. The van der Waals surface area contributed by atoms with E-state index in [0.717, 1.165) is 12.8 Å². The van der Waals surface area contributed by atoms with Crippen molar-refractivity contribution in [3.8, 4) is 0 Å². The Hall–Kier alpha value is -2.51. The van der Waals surface area contributed by atoms with Crippen LogP contribution in [0.1, 0.15) is 48.3 Å². The number of hydrogen-bond acceptors (Lipinski definition) is 8. The van der Waals surface area contributed by atoms with Gasteiger partial charge in [-0.1, -0.05) is 18.2 Å². The van der Waals surface area contributed by atoms with Crippen LogP contribution in [0.2, 0.25) is 0 Å². The summed E-state index contributed by atoms with van der Waals surface area (Å²) in [7, 11) is 0. The Kier molecular flexibility index (Phi) is 8.54. The van der Waals surface area contributed by atoms with Crippen molar-refractivity contribution >= 4 is 11.8 Å². The summed E-state index contributed by atoms with van der Waals surface area (Å²) in [6, 6.07) is 1.07. The highest BCUT2D eigenvalue weighted by Crippen LogP contribution is 2.56. The molecule has 1 saturated carbocycles. The van der Waals surface area contributed by atoms with Gasteiger partial charge in [-0.25, -0.2) is 14.7 Å². The Labute approximate surface area is 214 Å². The van der Waals surface area contributed by atoms with E-state index in [2.05, 4.69) is 27.3 Å². The summed E-state index contributed by atoms with van der Waals surface area (Å²) in [4.78, 5) is 35.5. The minimum atomic E-state index is -3.28. The average Bonchev–Trinajstić information content (AvgIpc) is 3.30. The van der Waals surface area contributed by atoms with Crippen molar-refractivity contribution in [1.29, 1.82) is 0 Å². The van der Waals surface area contributed by atoms with E-state index in [1.165, 1.54) is 18.3 Å². The zero-order valence-electron chi connectivity index (χ0n) is 20.8. The normalized spacial score (nSPS) is 27.4. The lowest BCUT2D eigenvalue weighted by Crippen LogP contribution is -2.56. The first kappa shape index (κ1) is 27.5. The lowest BCUT2D eigenvalue weighted by atomic mass is 10.00. The fraction of sp³-hybridized carbons (Fsp3) is 0.640. The second-order valence-electron chi connectivity index (χ2n) is 10.1. The molecule has 4 rings (SSSR count). The van der Waals surface area contributed by atoms with Crippen molar-refractivity contribution in [2.24, 2.45) is 29.4 Å². The molecule has 2 fully saturated rings. The molecule has 1 aliphatic heterocycles. The van der Waals surface area contributed by atoms with Gasteiger partial charge in [0, 0.05) is 26.2 Å². The molecular formula is C25H35F2N5O5. The third-order valence-electron chi connectivity index (χ3n) is 7.61. The van der Waals surface area contributed by atoms with Crippen LogP contribution in [0, 0.1) is 17.8 Å². The monoisotopic (exact) mass is 523 g/mol. The molecule has 0 radical (unpaired) electrons. The van der Waals surface area contributed by atoms with Gasteiger partial charge < -0.3 is 25.8 Å². The number of ether oxygens (including phenoxy) is 1. The van der Waals surface area contributed by atoms with Crippen molar-refractivity contribution in [3.63, 3.8) is 0 Å². The smallest absolute Gasteiger partial charge is 0.274 e. The summed E-state index contributed by atoms with van der Waals surface area (Å²) in [5, 5.41) is 13.3. The van der Waals surface area contributed by atoms with Gasteiger partial charge in [0.05, 0.1) is 25.3 Å². The molecule has 6 N–H and O–H groups in total. The Morgan fingerprint density at radius 2 is 2.19 bits per heavy atom. The van der Waals surface area contributed by atoms with Crippen LogP contribution in [0.25, 0.3) is 0 Å². The number of pyridine rings is 1. The fourth-order valence-electron chi connectivity index (χ4n) is 5.40. The van der Waals surface area contributed by atoms with Gasteiger partial charge in [0.25, 0.3) is 17.7 Å². The number of rotatable bonds is 11. The van der Waals surface area contributed by atoms with Gasteiger partial charge in [0.15, 0.2) is 6.10 Å². The topological polar surface area (TPSA) is 153 Å². The third-order valence-corrected chi connectivity index (χ3v) is 7.61. The van der Waals surface area contributed by atoms with Crippen molar-refractivity contribution in [2.75, 3.05) is 26.3 Å². The first-order valence-corrected chi connectivity index (χ1v) is 12.6. The molecule has 1 saturated heterocycles. The third kappa shape index (κ3) is 6.32. The number of nitrogens with one attached hydrogen (secondary N) is 1. The predicted octanol–water partition coefficient (Wildman–Crippen LogP) is 0.916. The molecule has 3 aliphatic rings. The van der Waals surface area contributed by atoms with E-state index in [1.54, 1.807) is 4.90 Å². The largest absolute Gasteiger partial charge is 0.383 e. The zero-order valence-corrected chi connectivity index (χ0v) is 20.8. The molecule has 1 aromatic heterocycles. The number of nitrogens with zero attached hydrogens (tertiary/aromatic N) is 2. The molecule has 1 aromatic rings. The number of carbonyl (C=O) groups excluding carboxylic acids is 2. The van der Waals surface area contributed by atoms with Crippen molar-refractivity contribution < 1.29 is 33.1 Å². The summed E-state index contributed by atoms with van der Waals surface area (Å²) in [6.07, 6.45) is 5.12. The molecule has 37 heavy (non-hydrogen) atoms. The second-order valence-corrected chi connectivity index (χ2v) is 10.1. The zero-order chi connectivity index (χ0) is 26.7. The highest BCUT2D eigenvalue weighted by Gasteiger charge is 2.49. The first-order valence-electron chi connectivity index (χ1n) is 12.6.